The number of hydrogen-bond donors (Lipinski definition) is 1. The topological polar surface area (TPSA) is 79.7 Å². The van der Waals surface area contributed by atoms with Gasteiger partial charge in [0.25, 0.3) is 0 Å². The van der Waals surface area contributed by atoms with Crippen molar-refractivity contribution in [2.24, 2.45) is 0 Å². The second-order valence-electron chi connectivity index (χ2n) is 8.97. The highest BCUT2D eigenvalue weighted by molar-refractivity contribution is 5.85. The van der Waals surface area contributed by atoms with Gasteiger partial charge in [0.2, 0.25) is 5.95 Å². The van der Waals surface area contributed by atoms with Crippen LogP contribution in [0, 0.1) is 6.92 Å². The van der Waals surface area contributed by atoms with Gasteiger partial charge >= 0.3 is 0 Å². The van der Waals surface area contributed by atoms with Crippen LogP contribution in [0.1, 0.15) is 41.3 Å². The van der Waals surface area contributed by atoms with Crippen LogP contribution in [0.4, 0.5) is 5.95 Å². The van der Waals surface area contributed by atoms with E-state index in [0.29, 0.717) is 24.1 Å². The number of ether oxygens (including phenoxy) is 4. The molecule has 188 valence electrons. The average molecular weight is 497 g/mol. The van der Waals surface area contributed by atoms with Crippen LogP contribution < -0.4 is 24.3 Å². The maximum absolute atomic E-state index is 6.78. The number of nitrogens with one attached hydrogen (secondary N) is 1. The highest BCUT2D eigenvalue weighted by atomic mass is 16.5. The number of aryl methyl sites for hydroxylation is 1. The molecular formula is C29H28N4O4. The lowest BCUT2D eigenvalue weighted by Gasteiger charge is -2.39. The standard InChI is InChI=1S/C29H28N4O4/c1-5-36-21-9-7-6-8-19(21)28-25-26(20-14-17(2)10-12-22(20)37-28)32-29-30-16-31-33(29)27(25)18-11-13-23(34-3)24(15-18)35-4/h6-16,27-28H,5H2,1-4H3,(H,30,31,32)/t27-,28-/m0/s1. The third kappa shape index (κ3) is 3.76. The number of aromatic nitrogens is 3. The van der Waals surface area contributed by atoms with Gasteiger partial charge in [-0.05, 0) is 49.7 Å². The van der Waals surface area contributed by atoms with Crippen molar-refractivity contribution in [3.8, 4) is 23.0 Å². The SMILES string of the molecule is CCOc1ccccc1[C@@H]1Oc2ccc(C)cc2C2=C1[C@H](c1ccc(OC)c(OC)c1)n1ncnc1N2. The smallest absolute Gasteiger partial charge is 0.226 e. The van der Waals surface area contributed by atoms with E-state index in [1.54, 1.807) is 20.5 Å². The van der Waals surface area contributed by atoms with Crippen LogP contribution in [-0.2, 0) is 0 Å². The van der Waals surface area contributed by atoms with E-state index >= 15 is 0 Å². The summed E-state index contributed by atoms with van der Waals surface area (Å²) in [6.07, 6.45) is 1.13. The van der Waals surface area contributed by atoms with Gasteiger partial charge in [0, 0.05) is 16.7 Å². The van der Waals surface area contributed by atoms with Gasteiger partial charge in [-0.15, -0.1) is 0 Å². The number of nitrogens with zero attached hydrogens (tertiary/aromatic N) is 3. The lowest BCUT2D eigenvalue weighted by Crippen LogP contribution is -2.32. The van der Waals surface area contributed by atoms with Crippen molar-refractivity contribution >= 4 is 11.6 Å². The normalized spacial score (nSPS) is 17.6. The summed E-state index contributed by atoms with van der Waals surface area (Å²) in [6.45, 7) is 4.61. The van der Waals surface area contributed by atoms with Crippen molar-refractivity contribution in [1.29, 1.82) is 0 Å². The summed E-state index contributed by atoms with van der Waals surface area (Å²) in [5, 5.41) is 8.17. The lowest BCUT2D eigenvalue weighted by molar-refractivity contribution is 0.215. The fourth-order valence-corrected chi connectivity index (χ4v) is 5.17. The summed E-state index contributed by atoms with van der Waals surface area (Å²) >= 11 is 0. The Kier molecular flexibility index (Phi) is 5.71. The molecule has 0 fully saturated rings. The van der Waals surface area contributed by atoms with Crippen LogP contribution in [0.25, 0.3) is 5.70 Å². The molecule has 6 rings (SSSR count). The lowest BCUT2D eigenvalue weighted by atomic mass is 9.84. The Balaban J connectivity index is 1.63. The van der Waals surface area contributed by atoms with Crippen LogP contribution in [0.5, 0.6) is 23.0 Å². The third-order valence-corrected chi connectivity index (χ3v) is 6.79. The second kappa shape index (κ2) is 9.20. The van der Waals surface area contributed by atoms with Crippen molar-refractivity contribution < 1.29 is 18.9 Å². The fourth-order valence-electron chi connectivity index (χ4n) is 5.17. The zero-order valence-electron chi connectivity index (χ0n) is 21.2. The van der Waals surface area contributed by atoms with E-state index in [1.165, 1.54) is 0 Å². The molecule has 0 spiro atoms. The molecule has 2 aliphatic heterocycles. The molecule has 0 unspecified atom stereocenters. The quantitative estimate of drug-likeness (QED) is 0.374. The number of benzene rings is 3. The van der Waals surface area contributed by atoms with Gasteiger partial charge in [-0.25, -0.2) is 4.68 Å². The number of anilines is 1. The van der Waals surface area contributed by atoms with E-state index in [1.807, 2.05) is 54.1 Å². The van der Waals surface area contributed by atoms with Crippen molar-refractivity contribution in [3.63, 3.8) is 0 Å². The van der Waals surface area contributed by atoms with Crippen LogP contribution in [0.3, 0.4) is 0 Å². The number of rotatable bonds is 6. The van der Waals surface area contributed by atoms with Crippen molar-refractivity contribution in [2.45, 2.75) is 26.0 Å². The van der Waals surface area contributed by atoms with E-state index in [9.17, 15) is 0 Å². The first-order valence-corrected chi connectivity index (χ1v) is 12.2. The monoisotopic (exact) mass is 496 g/mol. The molecule has 4 aromatic rings. The molecule has 3 heterocycles. The third-order valence-electron chi connectivity index (χ3n) is 6.79. The second-order valence-corrected chi connectivity index (χ2v) is 8.97. The molecule has 37 heavy (non-hydrogen) atoms. The minimum atomic E-state index is -0.434. The first kappa shape index (κ1) is 23.0. The molecule has 0 bridgehead atoms. The van der Waals surface area contributed by atoms with E-state index in [0.717, 1.165) is 45.0 Å². The van der Waals surface area contributed by atoms with Crippen molar-refractivity contribution in [1.82, 2.24) is 14.8 Å². The Bertz CT molecular complexity index is 1510. The average Bonchev–Trinajstić information content (AvgIpc) is 3.40. The Labute approximate surface area is 215 Å². The Morgan fingerprint density at radius 3 is 2.62 bits per heavy atom. The van der Waals surface area contributed by atoms with E-state index in [2.05, 4.69) is 40.5 Å². The van der Waals surface area contributed by atoms with Crippen LogP contribution in [0.2, 0.25) is 0 Å². The number of fused-ring (bicyclic) bond motifs is 3. The molecule has 3 aromatic carbocycles. The van der Waals surface area contributed by atoms with Gasteiger partial charge in [-0.1, -0.05) is 35.9 Å². The molecule has 0 aliphatic carbocycles. The van der Waals surface area contributed by atoms with Gasteiger partial charge in [0.1, 0.15) is 23.9 Å². The highest BCUT2D eigenvalue weighted by Crippen LogP contribution is 2.52. The molecule has 0 saturated carbocycles. The van der Waals surface area contributed by atoms with Crippen molar-refractivity contribution in [3.05, 3.63) is 94.8 Å². The van der Waals surface area contributed by atoms with Gasteiger partial charge in [0.05, 0.1) is 26.5 Å². The molecule has 8 heteroatoms. The Hall–Kier alpha value is -4.46. The van der Waals surface area contributed by atoms with Crippen LogP contribution in [-0.4, -0.2) is 35.6 Å². The zero-order chi connectivity index (χ0) is 25.5. The summed E-state index contributed by atoms with van der Waals surface area (Å²) in [5.74, 6) is 3.54. The molecule has 2 atom stereocenters. The molecule has 1 aromatic heterocycles. The van der Waals surface area contributed by atoms with Gasteiger partial charge in [-0.3, -0.25) is 0 Å². The zero-order valence-corrected chi connectivity index (χ0v) is 21.2. The molecule has 2 aliphatic rings. The maximum Gasteiger partial charge on any atom is 0.226 e. The Morgan fingerprint density at radius 2 is 1.81 bits per heavy atom. The number of para-hydroxylation sites is 1. The van der Waals surface area contributed by atoms with Gasteiger partial charge in [-0.2, -0.15) is 10.1 Å². The van der Waals surface area contributed by atoms with Crippen molar-refractivity contribution in [2.75, 3.05) is 26.1 Å². The van der Waals surface area contributed by atoms with E-state index in [-0.39, 0.29) is 6.04 Å². The predicted molar refractivity (Wildman–Crippen MR) is 140 cm³/mol. The van der Waals surface area contributed by atoms with Gasteiger partial charge < -0.3 is 24.3 Å². The molecule has 0 radical (unpaired) electrons. The highest BCUT2D eigenvalue weighted by Gasteiger charge is 2.42. The predicted octanol–water partition coefficient (Wildman–Crippen LogP) is 5.56. The number of hydrogen-bond acceptors (Lipinski definition) is 7. The Morgan fingerprint density at radius 1 is 0.973 bits per heavy atom. The van der Waals surface area contributed by atoms with Crippen LogP contribution >= 0.6 is 0 Å². The first-order valence-electron chi connectivity index (χ1n) is 12.2. The molecule has 0 amide bonds. The van der Waals surface area contributed by atoms with E-state index < -0.39 is 6.10 Å². The molecule has 0 saturated heterocycles. The molecule has 1 N–H and O–H groups in total. The summed E-state index contributed by atoms with van der Waals surface area (Å²) in [4.78, 5) is 4.53. The first-order chi connectivity index (χ1) is 18.1. The summed E-state index contributed by atoms with van der Waals surface area (Å²) in [7, 11) is 3.27. The maximum atomic E-state index is 6.78. The van der Waals surface area contributed by atoms with Crippen LogP contribution in [0.15, 0.2) is 72.6 Å². The minimum absolute atomic E-state index is 0.318. The minimum Gasteiger partial charge on any atom is -0.493 e. The summed E-state index contributed by atoms with van der Waals surface area (Å²) in [6, 6.07) is 19.9. The summed E-state index contributed by atoms with van der Waals surface area (Å²) in [5.41, 5.74) is 6.01. The summed E-state index contributed by atoms with van der Waals surface area (Å²) < 4.78 is 25.9. The fraction of sp³-hybridized carbons (Fsp3) is 0.241. The molecular weight excluding hydrogens is 468 g/mol. The van der Waals surface area contributed by atoms with E-state index in [4.69, 9.17) is 18.9 Å². The molecule has 8 nitrogen and oxygen atoms in total. The largest absolute Gasteiger partial charge is 0.493 e. The van der Waals surface area contributed by atoms with Gasteiger partial charge in [0.15, 0.2) is 17.6 Å². The number of methoxy groups -OCH3 is 2.